The van der Waals surface area contributed by atoms with Crippen LogP contribution in [-0.4, -0.2) is 12.0 Å². The maximum absolute atomic E-state index is 11.6. The molecule has 0 unspecified atom stereocenters. The van der Waals surface area contributed by atoms with Crippen molar-refractivity contribution in [1.29, 1.82) is 5.26 Å². The molecule has 3 rings (SSSR count). The van der Waals surface area contributed by atoms with Crippen molar-refractivity contribution in [2.75, 3.05) is 0 Å². The largest absolute Gasteiger partial charge is 0.422 e. The zero-order valence-electron chi connectivity index (χ0n) is 13.4. The highest BCUT2D eigenvalue weighted by molar-refractivity contribution is 7.94. The van der Waals surface area contributed by atoms with Crippen LogP contribution in [-0.2, 0) is 9.53 Å². The zero-order chi connectivity index (χ0) is 17.5. The topological polar surface area (TPSA) is 50.1 Å². The number of hydrogen-bond acceptors (Lipinski definition) is 3. The highest BCUT2D eigenvalue weighted by Gasteiger charge is 2.26. The van der Waals surface area contributed by atoms with Crippen LogP contribution in [0, 0.1) is 11.3 Å². The fourth-order valence-corrected chi connectivity index (χ4v) is 6.21. The molecule has 0 spiro atoms. The van der Waals surface area contributed by atoms with E-state index in [4.69, 9.17) is 10.00 Å². The summed E-state index contributed by atoms with van der Waals surface area (Å²) >= 11 is 0. The second-order valence-electron chi connectivity index (χ2n) is 5.35. The first-order valence-electron chi connectivity index (χ1n) is 7.78. The molecule has 4 heteroatoms. The van der Waals surface area contributed by atoms with Gasteiger partial charge in [0, 0.05) is 6.89 Å². The Hall–Kier alpha value is -3.08. The number of hydrogen-bond donors (Lipinski definition) is 0. The van der Waals surface area contributed by atoms with E-state index in [9.17, 15) is 4.79 Å². The molecule has 0 radical (unpaired) electrons. The highest BCUT2D eigenvalue weighted by Crippen LogP contribution is 2.43. The van der Waals surface area contributed by atoms with E-state index in [1.807, 2.05) is 91.0 Å². The summed E-state index contributed by atoms with van der Waals surface area (Å²) in [6.45, 7) is -2.34. The highest BCUT2D eigenvalue weighted by atomic mass is 31.2. The summed E-state index contributed by atoms with van der Waals surface area (Å²) < 4.78 is 5.24. The average molecular weight is 345 g/mol. The monoisotopic (exact) mass is 345 g/mol. The molecule has 0 aliphatic rings. The van der Waals surface area contributed by atoms with Gasteiger partial charge in [-0.3, -0.25) is 0 Å². The molecule has 0 saturated carbocycles. The van der Waals surface area contributed by atoms with Gasteiger partial charge in [-0.05, 0) is 15.9 Å². The average Bonchev–Trinajstić information content (AvgIpc) is 2.71. The van der Waals surface area contributed by atoms with Gasteiger partial charge in [-0.1, -0.05) is 91.0 Å². The van der Waals surface area contributed by atoms with Gasteiger partial charge in [-0.2, -0.15) is 5.26 Å². The lowest BCUT2D eigenvalue weighted by Crippen LogP contribution is -2.27. The molecule has 0 amide bonds. The SMILES string of the molecule is N#CC(=O)OC=P(c1ccccc1)(c1ccccc1)c1ccccc1. The van der Waals surface area contributed by atoms with Crippen molar-refractivity contribution in [2.24, 2.45) is 0 Å². The fourth-order valence-electron chi connectivity index (χ4n) is 2.77. The van der Waals surface area contributed by atoms with Gasteiger partial charge in [0.25, 0.3) is 0 Å². The Morgan fingerprint density at radius 2 is 1.12 bits per heavy atom. The number of rotatable bonds is 4. The van der Waals surface area contributed by atoms with E-state index < -0.39 is 12.9 Å². The minimum atomic E-state index is -2.34. The van der Waals surface area contributed by atoms with E-state index >= 15 is 0 Å². The van der Waals surface area contributed by atoms with Crippen LogP contribution in [0.3, 0.4) is 0 Å². The first-order chi connectivity index (χ1) is 12.3. The van der Waals surface area contributed by atoms with Gasteiger partial charge in [0.1, 0.15) is 5.98 Å². The fraction of sp³-hybridized carbons (Fsp3) is 0. The molecule has 0 aromatic heterocycles. The van der Waals surface area contributed by atoms with E-state index in [0.29, 0.717) is 0 Å². The van der Waals surface area contributed by atoms with Crippen molar-refractivity contribution in [3.05, 3.63) is 91.0 Å². The van der Waals surface area contributed by atoms with Gasteiger partial charge < -0.3 is 4.74 Å². The molecule has 0 heterocycles. The zero-order valence-corrected chi connectivity index (χ0v) is 14.3. The van der Waals surface area contributed by atoms with Gasteiger partial charge in [-0.25, -0.2) is 4.79 Å². The molecule has 0 aliphatic heterocycles. The van der Waals surface area contributed by atoms with Crippen LogP contribution in [0.4, 0.5) is 0 Å². The summed E-state index contributed by atoms with van der Waals surface area (Å²) in [5.74, 6) is 0.658. The molecule has 0 N–H and O–H groups in total. The Bertz CT molecular complexity index is 842. The Balaban J connectivity index is 2.36. The predicted molar refractivity (Wildman–Crippen MR) is 103 cm³/mol. The number of carbonyl (C=O) groups excluding carboxylic acids is 1. The maximum atomic E-state index is 11.6. The van der Waals surface area contributed by atoms with Crippen molar-refractivity contribution >= 4 is 34.8 Å². The van der Waals surface area contributed by atoms with Gasteiger partial charge in [0.15, 0.2) is 6.07 Å². The third-order valence-electron chi connectivity index (χ3n) is 3.90. The van der Waals surface area contributed by atoms with Crippen molar-refractivity contribution < 1.29 is 9.53 Å². The second-order valence-corrected chi connectivity index (χ2v) is 8.56. The molecule has 0 saturated heterocycles. The molecule has 0 fully saturated rings. The van der Waals surface area contributed by atoms with Crippen molar-refractivity contribution in [3.8, 4) is 6.07 Å². The Morgan fingerprint density at radius 1 is 0.760 bits per heavy atom. The van der Waals surface area contributed by atoms with Crippen molar-refractivity contribution in [2.45, 2.75) is 0 Å². The lowest BCUT2D eigenvalue weighted by molar-refractivity contribution is -0.128. The van der Waals surface area contributed by atoms with Crippen molar-refractivity contribution in [1.82, 2.24) is 0 Å². The third-order valence-corrected chi connectivity index (χ3v) is 7.66. The predicted octanol–water partition coefficient (Wildman–Crippen LogP) is 2.81. The van der Waals surface area contributed by atoms with E-state index in [1.165, 1.54) is 6.07 Å². The lowest BCUT2D eigenvalue weighted by atomic mass is 10.4. The smallest absolute Gasteiger partial charge is 0.415 e. The molecule has 3 aromatic rings. The van der Waals surface area contributed by atoms with Gasteiger partial charge >= 0.3 is 5.97 Å². The summed E-state index contributed by atoms with van der Waals surface area (Å²) in [6.07, 6.45) is 0. The molecule has 0 bridgehead atoms. The number of nitriles is 1. The molecule has 25 heavy (non-hydrogen) atoms. The Labute approximate surface area is 147 Å². The normalized spacial score (nSPS) is 10.5. The van der Waals surface area contributed by atoms with Crippen LogP contribution < -0.4 is 15.9 Å². The Morgan fingerprint density at radius 3 is 1.44 bits per heavy atom. The number of benzene rings is 3. The minimum absolute atomic E-state index is 0.910. The van der Waals surface area contributed by atoms with Crippen LogP contribution in [0.1, 0.15) is 0 Å². The van der Waals surface area contributed by atoms with Crippen LogP contribution in [0.25, 0.3) is 0 Å². The summed E-state index contributed by atoms with van der Waals surface area (Å²) in [6, 6.07) is 31.4. The maximum Gasteiger partial charge on any atom is 0.415 e. The number of ether oxygens (including phenoxy) is 1. The summed E-state index contributed by atoms with van der Waals surface area (Å²) in [4.78, 5) is 11.6. The molecule has 122 valence electrons. The molecule has 3 nitrogen and oxygen atoms in total. The molecule has 0 atom stereocenters. The molecular formula is C21H16NO2P. The summed E-state index contributed by atoms with van der Waals surface area (Å²) in [7, 11) is 0. The lowest BCUT2D eigenvalue weighted by Gasteiger charge is -2.27. The quantitative estimate of drug-likeness (QED) is 0.415. The van der Waals surface area contributed by atoms with Crippen molar-refractivity contribution in [3.63, 3.8) is 0 Å². The van der Waals surface area contributed by atoms with Crippen LogP contribution in [0.5, 0.6) is 0 Å². The number of esters is 1. The van der Waals surface area contributed by atoms with E-state index in [-0.39, 0.29) is 0 Å². The minimum Gasteiger partial charge on any atom is -0.422 e. The van der Waals surface area contributed by atoms with Crippen LogP contribution in [0.15, 0.2) is 91.0 Å². The standard InChI is InChI=1S/C21H16NO2P/c22-16-21(23)24-17-25(18-10-4-1-5-11-18,19-12-6-2-7-13-19)20-14-8-3-9-15-20/h1-15,17H. The molecule has 0 aliphatic carbocycles. The first-order valence-corrected chi connectivity index (χ1v) is 9.64. The Kier molecular flexibility index (Phi) is 5.14. The van der Waals surface area contributed by atoms with Crippen LogP contribution >= 0.6 is 6.89 Å². The van der Waals surface area contributed by atoms with Gasteiger partial charge in [0.2, 0.25) is 0 Å². The third kappa shape index (κ3) is 3.40. The first kappa shape index (κ1) is 16.8. The van der Waals surface area contributed by atoms with Gasteiger partial charge in [0.05, 0.1) is 0 Å². The van der Waals surface area contributed by atoms with E-state index in [2.05, 4.69) is 0 Å². The summed E-state index contributed by atoms with van der Waals surface area (Å²) in [5, 5.41) is 12.0. The van der Waals surface area contributed by atoms with E-state index in [0.717, 1.165) is 15.9 Å². The van der Waals surface area contributed by atoms with Gasteiger partial charge in [-0.15, -0.1) is 0 Å². The summed E-state index contributed by atoms with van der Waals surface area (Å²) in [5.41, 5.74) is 0. The molecular weight excluding hydrogens is 329 g/mol. The van der Waals surface area contributed by atoms with E-state index in [1.54, 1.807) is 5.98 Å². The second kappa shape index (κ2) is 7.66. The number of carbonyl (C=O) groups is 1. The number of nitrogens with zero attached hydrogens (tertiary/aromatic N) is 1. The molecule has 3 aromatic carbocycles. The van der Waals surface area contributed by atoms with Crippen LogP contribution in [0.2, 0.25) is 0 Å².